The molecule has 0 heterocycles. The van der Waals surface area contributed by atoms with E-state index in [1.165, 1.54) is 6.08 Å². The van der Waals surface area contributed by atoms with Crippen LogP contribution in [0.5, 0.6) is 5.75 Å². The van der Waals surface area contributed by atoms with Crippen LogP contribution in [0.15, 0.2) is 66.5 Å². The summed E-state index contributed by atoms with van der Waals surface area (Å²) in [5, 5.41) is 10.7. The first-order valence-corrected chi connectivity index (χ1v) is 7.84. The number of ether oxygens (including phenoxy) is 1. The lowest BCUT2D eigenvalue weighted by Gasteiger charge is -2.23. The predicted octanol–water partition coefficient (Wildman–Crippen LogP) is 4.85. The van der Waals surface area contributed by atoms with Gasteiger partial charge in [0.1, 0.15) is 11.6 Å². The Labute approximate surface area is 137 Å². The van der Waals surface area contributed by atoms with Gasteiger partial charge in [-0.15, -0.1) is 0 Å². The van der Waals surface area contributed by atoms with Crippen LogP contribution in [0, 0.1) is 5.92 Å². The maximum atomic E-state index is 14.3. The second-order valence-electron chi connectivity index (χ2n) is 5.49. The highest BCUT2D eigenvalue weighted by molar-refractivity contribution is 5.36. The van der Waals surface area contributed by atoms with Crippen LogP contribution in [0.3, 0.4) is 0 Å². The Bertz CT molecular complexity index is 637. The molecule has 0 saturated carbocycles. The molecule has 1 N–H and O–H groups in total. The number of para-hydroxylation sites is 1. The number of aliphatic hydroxyl groups is 1. The molecule has 0 radical (unpaired) electrons. The molecule has 3 heteroatoms. The zero-order valence-electron chi connectivity index (χ0n) is 13.6. The van der Waals surface area contributed by atoms with E-state index < -0.39 is 12.0 Å². The van der Waals surface area contributed by atoms with Gasteiger partial charge in [-0.25, -0.2) is 4.39 Å². The van der Waals surface area contributed by atoms with Crippen LogP contribution in [0.2, 0.25) is 0 Å². The Kier molecular flexibility index (Phi) is 6.36. The number of benzene rings is 2. The van der Waals surface area contributed by atoms with Crippen molar-refractivity contribution in [2.75, 3.05) is 7.11 Å². The van der Waals surface area contributed by atoms with Gasteiger partial charge in [0.25, 0.3) is 0 Å². The first-order valence-electron chi connectivity index (χ1n) is 7.84. The molecule has 2 rings (SSSR count). The summed E-state index contributed by atoms with van der Waals surface area (Å²) in [5.41, 5.74) is 1.75. The molecule has 2 aromatic carbocycles. The van der Waals surface area contributed by atoms with Crippen molar-refractivity contribution >= 4 is 0 Å². The minimum atomic E-state index is -0.939. The van der Waals surface area contributed by atoms with Crippen LogP contribution < -0.4 is 4.74 Å². The van der Waals surface area contributed by atoms with E-state index in [2.05, 4.69) is 0 Å². The molecule has 122 valence electrons. The van der Waals surface area contributed by atoms with Crippen molar-refractivity contribution in [3.8, 4) is 5.75 Å². The van der Waals surface area contributed by atoms with Crippen molar-refractivity contribution in [2.24, 2.45) is 5.92 Å². The van der Waals surface area contributed by atoms with E-state index in [0.717, 1.165) is 5.56 Å². The monoisotopic (exact) mass is 314 g/mol. The summed E-state index contributed by atoms with van der Waals surface area (Å²) in [4.78, 5) is 0. The first-order chi connectivity index (χ1) is 11.2. The number of aryl methyl sites for hydroxylation is 1. The topological polar surface area (TPSA) is 29.5 Å². The fraction of sp³-hybridized carbons (Fsp3) is 0.300. The summed E-state index contributed by atoms with van der Waals surface area (Å²) in [7, 11) is 1.55. The molecule has 0 aliphatic rings. The largest absolute Gasteiger partial charge is 0.496 e. The number of hydrogen-bond acceptors (Lipinski definition) is 2. The second-order valence-corrected chi connectivity index (χ2v) is 5.49. The Hall–Kier alpha value is -2.13. The summed E-state index contributed by atoms with van der Waals surface area (Å²) < 4.78 is 19.6. The van der Waals surface area contributed by atoms with Crippen LogP contribution in [0.25, 0.3) is 0 Å². The zero-order chi connectivity index (χ0) is 16.7. The number of allylic oxidation sites excluding steroid dienone is 1. The van der Waals surface area contributed by atoms with Crippen molar-refractivity contribution in [3.63, 3.8) is 0 Å². The quantitative estimate of drug-likeness (QED) is 0.791. The van der Waals surface area contributed by atoms with Gasteiger partial charge < -0.3 is 9.84 Å². The normalized spacial score (nSPS) is 14.3. The van der Waals surface area contributed by atoms with Gasteiger partial charge in [-0.3, -0.25) is 0 Å². The molecule has 0 aliphatic heterocycles. The van der Waals surface area contributed by atoms with Crippen molar-refractivity contribution in [2.45, 2.75) is 25.9 Å². The van der Waals surface area contributed by atoms with Gasteiger partial charge in [0.05, 0.1) is 13.2 Å². The molecule has 2 atom stereocenters. The highest BCUT2D eigenvalue weighted by Gasteiger charge is 2.26. The average molecular weight is 314 g/mol. The van der Waals surface area contributed by atoms with Crippen molar-refractivity contribution in [1.29, 1.82) is 0 Å². The molecule has 2 nitrogen and oxygen atoms in total. The van der Waals surface area contributed by atoms with Crippen LogP contribution in [0.4, 0.5) is 4.39 Å². The molecule has 0 amide bonds. The number of methoxy groups -OCH3 is 1. The highest BCUT2D eigenvalue weighted by atomic mass is 19.1. The third-order valence-corrected chi connectivity index (χ3v) is 4.06. The van der Waals surface area contributed by atoms with Gasteiger partial charge in [0.2, 0.25) is 0 Å². The van der Waals surface area contributed by atoms with Crippen LogP contribution in [-0.4, -0.2) is 12.2 Å². The summed E-state index contributed by atoms with van der Waals surface area (Å²) in [5.74, 6) is -0.301. The maximum Gasteiger partial charge on any atom is 0.124 e. The van der Waals surface area contributed by atoms with E-state index in [0.29, 0.717) is 24.2 Å². The van der Waals surface area contributed by atoms with E-state index in [4.69, 9.17) is 4.74 Å². The summed E-state index contributed by atoms with van der Waals surface area (Å²) in [6.45, 7) is 1.65. The third kappa shape index (κ3) is 4.42. The molecule has 2 aromatic rings. The molecule has 0 unspecified atom stereocenters. The fourth-order valence-electron chi connectivity index (χ4n) is 2.76. The van der Waals surface area contributed by atoms with Gasteiger partial charge in [-0.05, 0) is 31.4 Å². The maximum absolute atomic E-state index is 14.3. The predicted molar refractivity (Wildman–Crippen MR) is 91.1 cm³/mol. The van der Waals surface area contributed by atoms with E-state index in [1.54, 1.807) is 26.2 Å². The van der Waals surface area contributed by atoms with Crippen molar-refractivity contribution in [3.05, 3.63) is 77.6 Å². The standard InChI is InChI=1S/C20H23FO2/c1-3-18(21)16(14-13-15-9-5-4-6-10-15)20(22)17-11-7-8-12-19(17)23-2/h3-12,16,20,22H,13-14H2,1-2H3/b18-3-/t16-,20-/m1/s1. The van der Waals surface area contributed by atoms with Crippen molar-refractivity contribution in [1.82, 2.24) is 0 Å². The molecule has 0 bridgehead atoms. The summed E-state index contributed by atoms with van der Waals surface area (Å²) in [6, 6.07) is 17.1. The average Bonchev–Trinajstić information content (AvgIpc) is 2.62. The number of halogens is 1. The Morgan fingerprint density at radius 1 is 1.13 bits per heavy atom. The first kappa shape index (κ1) is 17.2. The molecular weight excluding hydrogens is 291 g/mol. The Balaban J connectivity index is 2.20. The van der Waals surface area contributed by atoms with Gasteiger partial charge in [0, 0.05) is 11.5 Å². The molecule has 0 spiro atoms. The number of rotatable bonds is 7. The molecule has 0 aromatic heterocycles. The fourth-order valence-corrected chi connectivity index (χ4v) is 2.76. The van der Waals surface area contributed by atoms with Crippen LogP contribution >= 0.6 is 0 Å². The van der Waals surface area contributed by atoms with Crippen LogP contribution in [-0.2, 0) is 6.42 Å². The lowest BCUT2D eigenvalue weighted by Crippen LogP contribution is -2.15. The minimum absolute atomic E-state index is 0.292. The molecule has 0 fully saturated rings. The zero-order valence-corrected chi connectivity index (χ0v) is 13.6. The lowest BCUT2D eigenvalue weighted by atomic mass is 9.88. The molecule has 0 saturated heterocycles. The Morgan fingerprint density at radius 3 is 2.43 bits per heavy atom. The SMILES string of the molecule is C/C=C(\F)[C@@H](CCc1ccccc1)[C@@H](O)c1ccccc1OC. The summed E-state index contributed by atoms with van der Waals surface area (Å²) in [6.07, 6.45) is 1.72. The van der Waals surface area contributed by atoms with Gasteiger partial charge in [-0.2, -0.15) is 0 Å². The van der Waals surface area contributed by atoms with Gasteiger partial charge >= 0.3 is 0 Å². The van der Waals surface area contributed by atoms with Crippen LogP contribution in [0.1, 0.15) is 30.6 Å². The smallest absolute Gasteiger partial charge is 0.124 e. The van der Waals surface area contributed by atoms with Gasteiger partial charge in [0.15, 0.2) is 0 Å². The minimum Gasteiger partial charge on any atom is -0.496 e. The van der Waals surface area contributed by atoms with E-state index in [1.807, 2.05) is 42.5 Å². The molecule has 0 aliphatic carbocycles. The third-order valence-electron chi connectivity index (χ3n) is 4.06. The van der Waals surface area contributed by atoms with E-state index >= 15 is 0 Å². The van der Waals surface area contributed by atoms with E-state index in [9.17, 15) is 9.50 Å². The highest BCUT2D eigenvalue weighted by Crippen LogP contribution is 2.36. The van der Waals surface area contributed by atoms with Gasteiger partial charge in [-0.1, -0.05) is 54.6 Å². The van der Waals surface area contributed by atoms with E-state index in [-0.39, 0.29) is 5.83 Å². The summed E-state index contributed by atoms with van der Waals surface area (Å²) >= 11 is 0. The number of hydrogen-bond donors (Lipinski definition) is 1. The number of aliphatic hydroxyl groups excluding tert-OH is 1. The Morgan fingerprint density at radius 2 is 1.78 bits per heavy atom. The second kappa shape index (κ2) is 8.49. The van der Waals surface area contributed by atoms with Crippen molar-refractivity contribution < 1.29 is 14.2 Å². The molecular formula is C20H23FO2. The molecule has 23 heavy (non-hydrogen) atoms. The lowest BCUT2D eigenvalue weighted by molar-refractivity contribution is 0.106.